The number of fused-ring (bicyclic) bond motifs is 3. The summed E-state index contributed by atoms with van der Waals surface area (Å²) in [6, 6.07) is 9.60. The molecular weight excluding hydrogens is 531 g/mol. The number of hydrogen-bond acceptors (Lipinski definition) is 4. The largest absolute Gasteiger partial charge is 0.853 e. The first-order valence-corrected chi connectivity index (χ1v) is 18.1. The molecule has 2 aliphatic rings. The predicted octanol–water partition coefficient (Wildman–Crippen LogP) is 9.61. The molecule has 42 heavy (non-hydrogen) atoms. The lowest BCUT2D eigenvalue weighted by Crippen LogP contribution is -2.31. The smallest absolute Gasteiger partial charge is 0.611 e. The number of benzene rings is 2. The van der Waals surface area contributed by atoms with Crippen molar-refractivity contribution in [3.63, 3.8) is 0 Å². The van der Waals surface area contributed by atoms with Crippen molar-refractivity contribution in [1.82, 2.24) is 0 Å². The van der Waals surface area contributed by atoms with E-state index < -0.39 is 14.8 Å². The minimum atomic E-state index is -2.21. The second-order valence-corrected chi connectivity index (χ2v) is 18.3. The van der Waals surface area contributed by atoms with Crippen molar-refractivity contribution in [2.45, 2.75) is 148 Å². The summed E-state index contributed by atoms with van der Waals surface area (Å²) in [6.07, 6.45) is 8.68. The molecule has 0 bridgehead atoms. The van der Waals surface area contributed by atoms with Crippen LogP contribution in [0.3, 0.4) is 0 Å². The normalized spacial score (nSPS) is 20.3. The fourth-order valence-corrected chi connectivity index (χ4v) is 7.12. The Morgan fingerprint density at radius 2 is 0.929 bits per heavy atom. The van der Waals surface area contributed by atoms with Gasteiger partial charge in [-0.2, -0.15) is 0 Å². The van der Waals surface area contributed by atoms with Crippen molar-refractivity contribution >= 4 is 27.2 Å². The summed E-state index contributed by atoms with van der Waals surface area (Å²) in [7, 11) is 0. The van der Waals surface area contributed by atoms with E-state index in [9.17, 15) is 0 Å². The van der Waals surface area contributed by atoms with Gasteiger partial charge in [0, 0.05) is 23.6 Å². The molecule has 5 heteroatoms. The first-order chi connectivity index (χ1) is 19.2. The summed E-state index contributed by atoms with van der Waals surface area (Å²) >= 11 is -2.21. The Balaban J connectivity index is 1.99. The number of aliphatic imine (C=N–C) groups is 2. The third kappa shape index (κ3) is 7.51. The Bertz CT molecular complexity index is 1240. The summed E-state index contributed by atoms with van der Waals surface area (Å²) in [5.74, 6) is 4.00. The Morgan fingerprint density at radius 1 is 0.571 bits per heavy atom. The molecule has 0 spiro atoms. The Labute approximate surface area is 261 Å². The van der Waals surface area contributed by atoms with Gasteiger partial charge in [-0.3, -0.25) is 9.98 Å². The summed E-state index contributed by atoms with van der Waals surface area (Å²) in [5.41, 5.74) is 6.95. The summed E-state index contributed by atoms with van der Waals surface area (Å²) in [4.78, 5) is 10.5. The monoisotopic (exact) mass is 586 g/mol. The second kappa shape index (κ2) is 11.8. The third-order valence-corrected chi connectivity index (χ3v) is 9.79. The van der Waals surface area contributed by atoms with Crippen molar-refractivity contribution in [3.05, 3.63) is 57.6 Å². The van der Waals surface area contributed by atoms with Crippen LogP contribution in [0.4, 0.5) is 0 Å². The SMILES string of the molecule is [CH3][Al]1[O]c2c(cc(C(C)(C)C)cc2C(C)(C)C)C=N[C@H]2CCCC[C@@H]2N=Cc2cc(C(C)(C)C)cc(C(C)(C)C)c2[O]1. The summed E-state index contributed by atoms with van der Waals surface area (Å²) < 4.78 is 13.9. The molecule has 4 rings (SSSR count). The first-order valence-electron chi connectivity index (χ1n) is 16.0. The maximum atomic E-state index is 6.97. The van der Waals surface area contributed by atoms with Crippen LogP contribution in [0, 0.1) is 0 Å². The van der Waals surface area contributed by atoms with Gasteiger partial charge in [-0.25, -0.2) is 0 Å². The molecule has 2 atom stereocenters. The zero-order chi connectivity index (χ0) is 31.3. The van der Waals surface area contributed by atoms with E-state index in [-0.39, 0.29) is 33.7 Å². The lowest BCUT2D eigenvalue weighted by atomic mass is 9.79. The van der Waals surface area contributed by atoms with E-state index in [2.05, 4.69) is 126 Å². The molecule has 0 N–H and O–H groups in total. The Kier molecular flexibility index (Phi) is 9.20. The summed E-state index contributed by atoms with van der Waals surface area (Å²) in [5, 5.41) is 0. The molecule has 4 nitrogen and oxygen atoms in total. The molecule has 2 aromatic rings. The average Bonchev–Trinajstić information content (AvgIpc) is 2.85. The van der Waals surface area contributed by atoms with Crippen LogP contribution in [0.15, 0.2) is 34.3 Å². The average molecular weight is 587 g/mol. The van der Waals surface area contributed by atoms with Crippen LogP contribution in [0.2, 0.25) is 5.79 Å². The van der Waals surface area contributed by atoms with Crippen molar-refractivity contribution < 1.29 is 7.58 Å². The molecule has 1 aliphatic carbocycles. The van der Waals surface area contributed by atoms with E-state index in [0.717, 1.165) is 35.5 Å². The molecule has 1 heterocycles. The van der Waals surface area contributed by atoms with E-state index in [1.165, 1.54) is 35.1 Å². The van der Waals surface area contributed by atoms with Gasteiger partial charge in [-0.05, 0) is 74.7 Å². The topological polar surface area (TPSA) is 43.2 Å². The van der Waals surface area contributed by atoms with Crippen LogP contribution in [-0.4, -0.2) is 39.3 Å². The highest BCUT2D eigenvalue weighted by atomic mass is 27.2. The Hall–Kier alpha value is -2.09. The molecule has 0 amide bonds. The van der Waals surface area contributed by atoms with Crippen molar-refractivity contribution in [1.29, 1.82) is 0 Å². The van der Waals surface area contributed by atoms with Crippen LogP contribution >= 0.6 is 0 Å². The molecule has 1 saturated carbocycles. The zero-order valence-corrected chi connectivity index (χ0v) is 29.9. The lowest BCUT2D eigenvalue weighted by molar-refractivity contribution is 0.390. The highest BCUT2D eigenvalue weighted by Crippen LogP contribution is 2.41. The van der Waals surface area contributed by atoms with Gasteiger partial charge in [0.2, 0.25) is 0 Å². The molecule has 228 valence electrons. The van der Waals surface area contributed by atoms with Crippen LogP contribution < -0.4 is 7.58 Å². The van der Waals surface area contributed by atoms with Gasteiger partial charge in [0.15, 0.2) is 0 Å². The van der Waals surface area contributed by atoms with Crippen molar-refractivity contribution in [3.8, 4) is 11.5 Å². The van der Waals surface area contributed by atoms with Gasteiger partial charge in [-0.15, -0.1) is 0 Å². The second-order valence-electron chi connectivity index (χ2n) is 16.7. The zero-order valence-electron chi connectivity index (χ0n) is 28.7. The Morgan fingerprint density at radius 3 is 1.24 bits per heavy atom. The fraction of sp³-hybridized carbons (Fsp3) is 0.622. The third-order valence-electron chi connectivity index (χ3n) is 8.66. The fourth-order valence-electron chi connectivity index (χ4n) is 5.89. The predicted molar refractivity (Wildman–Crippen MR) is 182 cm³/mol. The van der Waals surface area contributed by atoms with Crippen LogP contribution in [0.25, 0.3) is 0 Å². The van der Waals surface area contributed by atoms with E-state index >= 15 is 0 Å². The molecule has 0 aromatic heterocycles. The molecule has 0 saturated heterocycles. The molecule has 2 aromatic carbocycles. The van der Waals surface area contributed by atoms with Gasteiger partial charge in [0.05, 0.1) is 23.6 Å². The standard InChI is InChI=1S/C36H54N2O2.CH3.Al/c1-33(2,3)25-17-23(31(39)27(19-25)35(7,8)9)21-37-29-15-13-14-16-30(29)38-22-24-18-26(34(4,5)6)20-28(32(24)40)36(10,11)12;;/h17-22,29-30,39-40H,13-16H2,1-12H3;1H3;/q;;+2/p-2/t29-,30-;;/m0../s1. The van der Waals surface area contributed by atoms with Crippen LogP contribution in [0.5, 0.6) is 11.5 Å². The highest BCUT2D eigenvalue weighted by Gasteiger charge is 2.35. The van der Waals surface area contributed by atoms with Gasteiger partial charge < -0.3 is 7.58 Å². The van der Waals surface area contributed by atoms with Gasteiger partial charge in [0.1, 0.15) is 0 Å². The van der Waals surface area contributed by atoms with Crippen molar-refractivity contribution in [2.75, 3.05) is 0 Å². The van der Waals surface area contributed by atoms with Crippen LogP contribution in [-0.2, 0) is 21.7 Å². The van der Waals surface area contributed by atoms with Gasteiger partial charge in [-0.1, -0.05) is 108 Å². The molecular formula is C37H55AlN2O2. The van der Waals surface area contributed by atoms with E-state index in [4.69, 9.17) is 17.6 Å². The maximum absolute atomic E-state index is 6.97. The maximum Gasteiger partial charge on any atom is 0.853 e. The van der Waals surface area contributed by atoms with Crippen molar-refractivity contribution in [2.24, 2.45) is 9.98 Å². The number of nitrogens with zero attached hydrogens (tertiary/aromatic N) is 2. The lowest BCUT2D eigenvalue weighted by Gasteiger charge is -2.32. The highest BCUT2D eigenvalue weighted by molar-refractivity contribution is 6.44. The van der Waals surface area contributed by atoms with E-state index in [1.54, 1.807) is 0 Å². The van der Waals surface area contributed by atoms with Gasteiger partial charge >= 0.3 is 14.8 Å². The molecule has 1 aliphatic heterocycles. The minimum absolute atomic E-state index is 0.00651. The van der Waals surface area contributed by atoms with Gasteiger partial charge in [0.25, 0.3) is 0 Å². The molecule has 0 unspecified atom stereocenters. The quantitative estimate of drug-likeness (QED) is 0.289. The molecule has 1 fully saturated rings. The first kappa shape index (κ1) is 32.8. The minimum Gasteiger partial charge on any atom is -0.611 e. The van der Waals surface area contributed by atoms with E-state index in [1.807, 2.05) is 0 Å². The van der Waals surface area contributed by atoms with Crippen LogP contribution in [0.1, 0.15) is 142 Å². The molecule has 0 radical (unpaired) electrons. The summed E-state index contributed by atoms with van der Waals surface area (Å²) in [6.45, 7) is 27.3. The van der Waals surface area contributed by atoms with E-state index in [0.29, 0.717) is 0 Å². The number of hydrogen-bond donors (Lipinski definition) is 0. The number of rotatable bonds is 0.